The van der Waals surface area contributed by atoms with Crippen molar-refractivity contribution in [2.75, 3.05) is 0 Å². The number of carbonyl (C=O) groups excluding carboxylic acids is 2. The summed E-state index contributed by atoms with van der Waals surface area (Å²) in [6.45, 7) is 0. The first-order chi connectivity index (χ1) is 9.11. The molecular formula is C14H9NNaO4+. The molecule has 0 heterocycles. The molecule has 0 radical (unpaired) electrons. The zero-order valence-electron chi connectivity index (χ0n) is 10.6. The van der Waals surface area contributed by atoms with E-state index in [0.29, 0.717) is 5.56 Å². The fourth-order valence-electron chi connectivity index (χ4n) is 2.28. The maximum absolute atomic E-state index is 12.3. The fourth-order valence-corrected chi connectivity index (χ4v) is 2.28. The number of rotatable bonds is 1. The Hall–Kier alpha value is -1.82. The van der Waals surface area contributed by atoms with Gasteiger partial charge in [0.05, 0.1) is 4.92 Å². The minimum absolute atomic E-state index is 0. The Morgan fingerprint density at radius 2 is 1.40 bits per heavy atom. The van der Waals surface area contributed by atoms with Crippen LogP contribution in [0.15, 0.2) is 42.5 Å². The molecule has 0 unspecified atom stereocenters. The van der Waals surface area contributed by atoms with E-state index in [0.717, 1.165) is 0 Å². The van der Waals surface area contributed by atoms with E-state index < -0.39 is 10.7 Å². The molecule has 2 aromatic carbocycles. The average Bonchev–Trinajstić information content (AvgIpc) is 2.44. The van der Waals surface area contributed by atoms with Crippen molar-refractivity contribution in [2.45, 2.75) is 0 Å². The van der Waals surface area contributed by atoms with Crippen molar-refractivity contribution in [3.05, 3.63) is 74.8 Å². The van der Waals surface area contributed by atoms with Gasteiger partial charge in [0.2, 0.25) is 5.78 Å². The van der Waals surface area contributed by atoms with E-state index in [2.05, 4.69) is 0 Å². The summed E-state index contributed by atoms with van der Waals surface area (Å²) < 4.78 is 0. The average molecular weight is 278 g/mol. The molecule has 0 N–H and O–H groups in total. The summed E-state index contributed by atoms with van der Waals surface area (Å²) in [5.41, 5.74) is 0.161. The van der Waals surface area contributed by atoms with Crippen LogP contribution in [0, 0.1) is 10.1 Å². The van der Waals surface area contributed by atoms with Crippen LogP contribution in [-0.4, -0.2) is 46.0 Å². The van der Waals surface area contributed by atoms with Crippen LogP contribution in [-0.2, 0) is 0 Å². The Morgan fingerprint density at radius 3 is 2.00 bits per heavy atom. The van der Waals surface area contributed by atoms with Gasteiger partial charge in [0.25, 0.3) is 5.69 Å². The molecule has 20 heavy (non-hydrogen) atoms. The summed E-state index contributed by atoms with van der Waals surface area (Å²) in [7, 11) is 0. The first-order valence-corrected chi connectivity index (χ1v) is 5.57. The molecule has 1 aliphatic carbocycles. The number of fused-ring (bicyclic) bond motifs is 2. The molecule has 3 rings (SSSR count). The molecule has 6 heteroatoms. The summed E-state index contributed by atoms with van der Waals surface area (Å²) in [6, 6.07) is 10.4. The van der Waals surface area contributed by atoms with Crippen LogP contribution < -0.4 is 0 Å². The van der Waals surface area contributed by atoms with Crippen LogP contribution in [0.5, 0.6) is 0 Å². The predicted octanol–water partition coefficient (Wildman–Crippen LogP) is 1.83. The Kier molecular flexibility index (Phi) is 3.85. The Labute approximate surface area is 137 Å². The second kappa shape index (κ2) is 5.28. The molecule has 0 amide bonds. The molecule has 5 nitrogen and oxygen atoms in total. The van der Waals surface area contributed by atoms with Gasteiger partial charge in [-0.25, -0.2) is 0 Å². The molecular weight excluding hydrogens is 269 g/mol. The van der Waals surface area contributed by atoms with Crippen LogP contribution in [0.3, 0.4) is 0 Å². The molecule has 0 fully saturated rings. The molecule has 94 valence electrons. The molecule has 0 aromatic heterocycles. The molecule has 2 aromatic rings. The molecule has 1 aliphatic rings. The van der Waals surface area contributed by atoms with E-state index in [-0.39, 0.29) is 59.1 Å². The second-order valence-electron chi connectivity index (χ2n) is 4.16. The number of ketones is 2. The van der Waals surface area contributed by atoms with Crippen LogP contribution >= 0.6 is 0 Å². The molecule has 0 aliphatic heterocycles. The van der Waals surface area contributed by atoms with Gasteiger partial charge in [0, 0.05) is 22.8 Å². The topological polar surface area (TPSA) is 77.3 Å². The van der Waals surface area contributed by atoms with Gasteiger partial charge in [-0.3, -0.25) is 19.7 Å². The van der Waals surface area contributed by atoms with E-state index in [1.54, 1.807) is 18.2 Å². The van der Waals surface area contributed by atoms with Gasteiger partial charge in [-0.1, -0.05) is 30.3 Å². The first kappa shape index (κ1) is 14.6. The third-order valence-electron chi connectivity index (χ3n) is 3.13. The maximum atomic E-state index is 12.3. The molecule has 0 saturated carbocycles. The van der Waals surface area contributed by atoms with Crippen molar-refractivity contribution in [1.29, 1.82) is 0 Å². The van der Waals surface area contributed by atoms with Gasteiger partial charge in [-0.05, 0) is 6.07 Å². The third kappa shape index (κ3) is 2.00. The number of carbonyl (C=O) groups is 2. The van der Waals surface area contributed by atoms with Gasteiger partial charge in [-0.2, -0.15) is 0 Å². The van der Waals surface area contributed by atoms with Crippen molar-refractivity contribution >= 4 is 46.8 Å². The van der Waals surface area contributed by atoms with Gasteiger partial charge < -0.3 is 0 Å². The quantitative estimate of drug-likeness (QED) is 0.386. The summed E-state index contributed by atoms with van der Waals surface area (Å²) in [6.07, 6.45) is 0. The molecule has 0 spiro atoms. The Bertz CT molecular complexity index is 760. The molecule has 0 bridgehead atoms. The number of nitro benzene ring substituents is 1. The van der Waals surface area contributed by atoms with Crippen LogP contribution in [0.4, 0.5) is 5.69 Å². The molecule has 0 atom stereocenters. The van der Waals surface area contributed by atoms with Crippen molar-refractivity contribution in [3.8, 4) is 0 Å². The standard InChI is InChI=1S/C14H7NO4.Na.H/c16-13-8-4-1-2-5-9(8)14(17)12-10(13)6-3-7-11(12)15(18)19;;/h1-7H;;/p+1. The Morgan fingerprint density at radius 1 is 0.850 bits per heavy atom. The third-order valence-corrected chi connectivity index (χ3v) is 3.13. The van der Waals surface area contributed by atoms with Crippen LogP contribution in [0.1, 0.15) is 33.3 Å². The number of benzene rings is 2. The van der Waals surface area contributed by atoms with Crippen molar-refractivity contribution in [2.24, 2.45) is 0 Å². The number of nitro groups is 1. The van der Waals surface area contributed by atoms with E-state index >= 15 is 0 Å². The number of hydrogen-bond donors (Lipinski definition) is 0. The normalized spacial score (nSPS) is 12.2. The zero-order chi connectivity index (χ0) is 13.6. The van der Waals surface area contributed by atoms with Gasteiger partial charge in [0.1, 0.15) is 5.56 Å². The van der Waals surface area contributed by atoms with Gasteiger partial charge in [-0.15, -0.1) is 0 Å². The van der Waals surface area contributed by atoms with Gasteiger partial charge >= 0.3 is 31.0 Å². The van der Waals surface area contributed by atoms with Crippen molar-refractivity contribution in [1.82, 2.24) is 0 Å². The van der Waals surface area contributed by atoms with Gasteiger partial charge in [0.15, 0.2) is 5.78 Å². The fraction of sp³-hybridized carbons (Fsp3) is 0. The van der Waals surface area contributed by atoms with Crippen molar-refractivity contribution in [3.63, 3.8) is 0 Å². The minimum atomic E-state index is -0.641. The van der Waals surface area contributed by atoms with Crippen molar-refractivity contribution < 1.29 is 15.9 Å². The van der Waals surface area contributed by atoms with E-state index in [4.69, 9.17) is 0 Å². The SMILES string of the molecule is O=C1c2ccccc2C(=O)c2c1cccc2[N+](=O)[O-].[H+].[NaH]. The zero-order valence-corrected chi connectivity index (χ0v) is 9.62. The van der Waals surface area contributed by atoms with Crippen LogP contribution in [0.2, 0.25) is 0 Å². The summed E-state index contributed by atoms with van der Waals surface area (Å²) in [5.74, 6) is -0.827. The summed E-state index contributed by atoms with van der Waals surface area (Å²) in [5, 5.41) is 11.0. The van der Waals surface area contributed by atoms with E-state index in [1.165, 1.54) is 24.3 Å². The summed E-state index contributed by atoms with van der Waals surface area (Å²) in [4.78, 5) is 34.9. The predicted molar refractivity (Wildman–Crippen MR) is 74.7 cm³/mol. The van der Waals surface area contributed by atoms with E-state index in [9.17, 15) is 19.7 Å². The first-order valence-electron chi connectivity index (χ1n) is 5.57. The monoisotopic (exact) mass is 278 g/mol. The van der Waals surface area contributed by atoms with E-state index in [1.807, 2.05) is 0 Å². The number of nitrogens with zero attached hydrogens (tertiary/aromatic N) is 1. The van der Waals surface area contributed by atoms with Crippen LogP contribution in [0.25, 0.3) is 0 Å². The Balaban J connectivity index is 0.00000110. The number of hydrogen-bond acceptors (Lipinski definition) is 4. The summed E-state index contributed by atoms with van der Waals surface area (Å²) >= 11 is 0. The second-order valence-corrected chi connectivity index (χ2v) is 4.16. The molecule has 0 saturated heterocycles.